The molecule has 0 aromatic heterocycles. The quantitative estimate of drug-likeness (QED) is 0.538. The molecule has 1 aromatic rings. The van der Waals surface area contributed by atoms with Gasteiger partial charge in [-0.05, 0) is 55.6 Å². The van der Waals surface area contributed by atoms with Gasteiger partial charge in [-0.1, -0.05) is 31.7 Å². The lowest BCUT2D eigenvalue weighted by Gasteiger charge is -2.31. The monoisotopic (exact) mass is 406 g/mol. The smallest absolute Gasteiger partial charge is 0.169 e. The van der Waals surface area contributed by atoms with Crippen LogP contribution in [0.3, 0.4) is 0 Å². The lowest BCUT2D eigenvalue weighted by Crippen LogP contribution is -2.46. The number of methoxy groups -OCH3 is 2. The molecule has 1 atom stereocenters. The van der Waals surface area contributed by atoms with Crippen LogP contribution in [-0.4, -0.2) is 49.5 Å². The molecule has 0 bridgehead atoms. The van der Waals surface area contributed by atoms with Crippen molar-refractivity contribution in [2.24, 2.45) is 0 Å². The molecule has 3 rings (SSSR count). The van der Waals surface area contributed by atoms with Crippen molar-refractivity contribution in [3.63, 3.8) is 0 Å². The first-order chi connectivity index (χ1) is 13.7. The van der Waals surface area contributed by atoms with Crippen molar-refractivity contribution in [3.8, 4) is 11.5 Å². The number of rotatable bonds is 7. The van der Waals surface area contributed by atoms with Gasteiger partial charge in [0.25, 0.3) is 0 Å². The molecule has 6 heteroatoms. The topological polar surface area (TPSA) is 43.0 Å². The van der Waals surface area contributed by atoms with E-state index in [2.05, 4.69) is 16.3 Å². The first kappa shape index (κ1) is 21.2. The Labute approximate surface area is 174 Å². The number of ether oxygens (including phenoxy) is 3. The zero-order chi connectivity index (χ0) is 19.8. The molecular weight excluding hydrogens is 372 g/mol. The molecule has 5 nitrogen and oxygen atoms in total. The van der Waals surface area contributed by atoms with Gasteiger partial charge in [0.15, 0.2) is 16.6 Å². The van der Waals surface area contributed by atoms with Crippen LogP contribution in [0.1, 0.15) is 56.9 Å². The van der Waals surface area contributed by atoms with Crippen LogP contribution in [0, 0.1) is 0 Å². The molecule has 1 unspecified atom stereocenters. The van der Waals surface area contributed by atoms with Crippen LogP contribution in [-0.2, 0) is 11.3 Å². The molecule has 1 aliphatic heterocycles. The van der Waals surface area contributed by atoms with Crippen molar-refractivity contribution < 1.29 is 14.2 Å². The molecule has 0 radical (unpaired) electrons. The molecule has 0 amide bonds. The highest BCUT2D eigenvalue weighted by atomic mass is 32.1. The predicted molar refractivity (Wildman–Crippen MR) is 116 cm³/mol. The summed E-state index contributed by atoms with van der Waals surface area (Å²) in [4.78, 5) is 2.26. The molecule has 2 aliphatic rings. The van der Waals surface area contributed by atoms with Crippen molar-refractivity contribution in [1.82, 2.24) is 10.2 Å². The Morgan fingerprint density at radius 3 is 2.46 bits per heavy atom. The molecule has 1 saturated heterocycles. The largest absolute Gasteiger partial charge is 0.493 e. The number of thiocarbonyl (C=S) groups is 1. The second-order valence-electron chi connectivity index (χ2n) is 7.84. The highest BCUT2D eigenvalue weighted by Gasteiger charge is 2.23. The Morgan fingerprint density at radius 2 is 1.82 bits per heavy atom. The van der Waals surface area contributed by atoms with Crippen LogP contribution in [0.4, 0.5) is 0 Å². The van der Waals surface area contributed by atoms with E-state index in [1.165, 1.54) is 38.5 Å². The molecule has 0 spiro atoms. The fourth-order valence-electron chi connectivity index (χ4n) is 4.14. The Hall–Kier alpha value is -1.53. The zero-order valence-electron chi connectivity index (χ0n) is 17.2. The first-order valence-corrected chi connectivity index (χ1v) is 11.0. The fourth-order valence-corrected chi connectivity index (χ4v) is 4.45. The minimum atomic E-state index is 0.258. The van der Waals surface area contributed by atoms with Gasteiger partial charge in [-0.25, -0.2) is 0 Å². The van der Waals surface area contributed by atoms with Gasteiger partial charge >= 0.3 is 0 Å². The minimum Gasteiger partial charge on any atom is -0.493 e. The summed E-state index contributed by atoms with van der Waals surface area (Å²) in [5.41, 5.74) is 1.15. The standard InChI is InChI=1S/C22H34N2O3S/c1-25-20-12-11-17(14-21(20)26-2)15-24(16-19-10-7-13-27-19)22(28)23-18-8-5-3-4-6-9-18/h11-12,14,18-19H,3-10,13,15-16H2,1-2H3,(H,23,28). The van der Waals surface area contributed by atoms with Crippen molar-refractivity contribution in [2.75, 3.05) is 27.4 Å². The number of nitrogens with one attached hydrogen (secondary N) is 1. The second kappa shape index (κ2) is 10.9. The van der Waals surface area contributed by atoms with Gasteiger partial charge in [-0.2, -0.15) is 0 Å². The first-order valence-electron chi connectivity index (χ1n) is 10.6. The second-order valence-corrected chi connectivity index (χ2v) is 8.23. The molecule has 1 aromatic carbocycles. The van der Waals surface area contributed by atoms with Gasteiger partial charge in [0.1, 0.15) is 0 Å². The summed E-state index contributed by atoms with van der Waals surface area (Å²) in [7, 11) is 3.33. The van der Waals surface area contributed by atoms with Crippen LogP contribution in [0.2, 0.25) is 0 Å². The molecule has 156 valence electrons. The molecule has 1 saturated carbocycles. The van der Waals surface area contributed by atoms with Gasteiger partial charge in [-0.3, -0.25) is 0 Å². The van der Waals surface area contributed by atoms with E-state index in [4.69, 9.17) is 26.4 Å². The van der Waals surface area contributed by atoms with E-state index in [-0.39, 0.29) is 6.10 Å². The maximum atomic E-state index is 5.89. The normalized spacial score (nSPS) is 20.4. The average molecular weight is 407 g/mol. The van der Waals surface area contributed by atoms with Crippen molar-refractivity contribution in [3.05, 3.63) is 23.8 Å². The molecule has 1 heterocycles. The summed E-state index contributed by atoms with van der Waals surface area (Å²) < 4.78 is 16.7. The Bertz CT molecular complexity index is 626. The Morgan fingerprint density at radius 1 is 1.07 bits per heavy atom. The van der Waals surface area contributed by atoms with Gasteiger partial charge in [0, 0.05) is 25.7 Å². The van der Waals surface area contributed by atoms with Gasteiger partial charge < -0.3 is 24.4 Å². The number of hydrogen-bond donors (Lipinski definition) is 1. The lowest BCUT2D eigenvalue weighted by molar-refractivity contribution is 0.0895. The van der Waals surface area contributed by atoms with Crippen molar-refractivity contribution in [1.29, 1.82) is 0 Å². The van der Waals surface area contributed by atoms with E-state index in [0.29, 0.717) is 6.04 Å². The van der Waals surface area contributed by atoms with E-state index in [9.17, 15) is 0 Å². The number of benzene rings is 1. The predicted octanol–water partition coefficient (Wildman–Crippen LogP) is 4.28. The van der Waals surface area contributed by atoms with E-state index < -0.39 is 0 Å². The Balaban J connectivity index is 1.69. The highest BCUT2D eigenvalue weighted by Crippen LogP contribution is 2.28. The third-order valence-corrected chi connectivity index (χ3v) is 6.12. The molecular formula is C22H34N2O3S. The lowest BCUT2D eigenvalue weighted by atomic mass is 10.1. The average Bonchev–Trinajstić information content (AvgIpc) is 3.09. The molecule has 2 fully saturated rings. The zero-order valence-corrected chi connectivity index (χ0v) is 18.1. The third-order valence-electron chi connectivity index (χ3n) is 5.74. The summed E-state index contributed by atoms with van der Waals surface area (Å²) in [5, 5.41) is 4.49. The number of hydrogen-bond acceptors (Lipinski definition) is 4. The van der Waals surface area contributed by atoms with Crippen LogP contribution in [0.15, 0.2) is 18.2 Å². The van der Waals surface area contributed by atoms with E-state index in [1.807, 2.05) is 12.1 Å². The maximum absolute atomic E-state index is 5.89. The molecule has 28 heavy (non-hydrogen) atoms. The highest BCUT2D eigenvalue weighted by molar-refractivity contribution is 7.80. The maximum Gasteiger partial charge on any atom is 0.169 e. The minimum absolute atomic E-state index is 0.258. The van der Waals surface area contributed by atoms with Gasteiger partial charge in [0.2, 0.25) is 0 Å². The van der Waals surface area contributed by atoms with Crippen LogP contribution < -0.4 is 14.8 Å². The van der Waals surface area contributed by atoms with Crippen LogP contribution in [0.25, 0.3) is 0 Å². The summed E-state index contributed by atoms with van der Waals surface area (Å²) >= 11 is 5.85. The molecule has 1 aliphatic carbocycles. The van der Waals surface area contributed by atoms with Gasteiger partial charge in [0.05, 0.1) is 20.3 Å². The summed E-state index contributed by atoms with van der Waals surface area (Å²) in [6.07, 6.45) is 10.2. The van der Waals surface area contributed by atoms with Crippen molar-refractivity contribution >= 4 is 17.3 Å². The molecule has 1 N–H and O–H groups in total. The number of nitrogens with zero attached hydrogens (tertiary/aromatic N) is 1. The summed E-state index contributed by atoms with van der Waals surface area (Å²) in [5.74, 6) is 1.50. The summed E-state index contributed by atoms with van der Waals surface area (Å²) in [6, 6.07) is 6.57. The van der Waals surface area contributed by atoms with E-state index >= 15 is 0 Å². The third kappa shape index (κ3) is 5.98. The summed E-state index contributed by atoms with van der Waals surface area (Å²) in [6.45, 7) is 2.42. The van der Waals surface area contributed by atoms with Gasteiger partial charge in [-0.15, -0.1) is 0 Å². The van der Waals surface area contributed by atoms with Crippen molar-refractivity contribution in [2.45, 2.75) is 70.1 Å². The van der Waals surface area contributed by atoms with Crippen LogP contribution in [0.5, 0.6) is 11.5 Å². The van der Waals surface area contributed by atoms with E-state index in [1.54, 1.807) is 14.2 Å². The SMILES string of the molecule is COc1ccc(CN(CC2CCCO2)C(=S)NC2CCCCCC2)cc1OC. The van der Waals surface area contributed by atoms with E-state index in [0.717, 1.165) is 54.7 Å². The Kier molecular flexibility index (Phi) is 8.22. The fraction of sp³-hybridized carbons (Fsp3) is 0.682. The van der Waals surface area contributed by atoms with Crippen LogP contribution >= 0.6 is 12.2 Å².